The topological polar surface area (TPSA) is 69.1 Å². The van der Waals surface area contributed by atoms with Gasteiger partial charge < -0.3 is 11.5 Å². The van der Waals surface area contributed by atoms with E-state index in [4.69, 9.17) is 11.5 Å². The molecule has 0 aromatic rings. The molecule has 0 aromatic heterocycles. The minimum absolute atomic E-state index is 0.204. The van der Waals surface area contributed by atoms with Gasteiger partial charge >= 0.3 is 0 Å². The Morgan fingerprint density at radius 1 is 1.09 bits per heavy atom. The van der Waals surface area contributed by atoms with E-state index in [9.17, 15) is 4.79 Å². The van der Waals surface area contributed by atoms with Crippen molar-refractivity contribution < 1.29 is 4.79 Å². The first-order valence-corrected chi connectivity index (χ1v) is 8.52. The second-order valence-corrected chi connectivity index (χ2v) is 9.50. The lowest BCUT2D eigenvalue weighted by Gasteiger charge is -2.45. The van der Waals surface area contributed by atoms with Crippen molar-refractivity contribution in [3.63, 3.8) is 0 Å². The van der Waals surface area contributed by atoms with Crippen molar-refractivity contribution >= 4 is 5.78 Å². The van der Waals surface area contributed by atoms with Crippen molar-refractivity contribution in [3.05, 3.63) is 11.6 Å². The van der Waals surface area contributed by atoms with Gasteiger partial charge in [-0.3, -0.25) is 4.79 Å². The average molecular weight is 309 g/mol. The molecule has 0 heterocycles. The van der Waals surface area contributed by atoms with E-state index >= 15 is 0 Å². The summed E-state index contributed by atoms with van der Waals surface area (Å²) in [6, 6.07) is 0.349. The number of allylic oxidation sites excluding steroid dienone is 2. The quantitative estimate of drug-likeness (QED) is 0.774. The predicted molar refractivity (Wildman–Crippen MR) is 94.5 cm³/mol. The van der Waals surface area contributed by atoms with Crippen LogP contribution >= 0.6 is 0 Å². The molecule has 0 aromatic carbocycles. The number of ketones is 1. The summed E-state index contributed by atoms with van der Waals surface area (Å²) in [7, 11) is 0. The molecule has 2 rings (SSSR count). The smallest absolute Gasteiger partial charge is 0.156 e. The Hall–Kier alpha value is -0.670. The SMILES string of the molecule is CC1(C)CC(N)CC(C)(CN)C1.CC1=CC(=O)CC(C)(C)C1. The fourth-order valence-corrected chi connectivity index (χ4v) is 4.54. The molecule has 128 valence electrons. The molecule has 2 aliphatic carbocycles. The molecule has 2 aliphatic rings. The van der Waals surface area contributed by atoms with E-state index in [1.807, 2.05) is 6.92 Å². The third-order valence-electron chi connectivity index (χ3n) is 4.79. The van der Waals surface area contributed by atoms with E-state index in [0.29, 0.717) is 17.9 Å². The minimum atomic E-state index is 0.204. The van der Waals surface area contributed by atoms with Gasteiger partial charge in [0.25, 0.3) is 0 Å². The number of hydrogen-bond donors (Lipinski definition) is 2. The van der Waals surface area contributed by atoms with Gasteiger partial charge in [0.05, 0.1) is 0 Å². The van der Waals surface area contributed by atoms with Gasteiger partial charge in [-0.1, -0.05) is 40.2 Å². The highest BCUT2D eigenvalue weighted by Crippen LogP contribution is 2.44. The van der Waals surface area contributed by atoms with Crippen molar-refractivity contribution in [1.82, 2.24) is 0 Å². The lowest BCUT2D eigenvalue weighted by atomic mass is 9.63. The van der Waals surface area contributed by atoms with E-state index in [0.717, 1.165) is 25.8 Å². The Bertz CT molecular complexity index is 437. The lowest BCUT2D eigenvalue weighted by molar-refractivity contribution is -0.117. The van der Waals surface area contributed by atoms with Gasteiger partial charge in [-0.2, -0.15) is 0 Å². The van der Waals surface area contributed by atoms with Crippen LogP contribution in [0.2, 0.25) is 0 Å². The molecule has 3 nitrogen and oxygen atoms in total. The van der Waals surface area contributed by atoms with Crippen molar-refractivity contribution in [2.75, 3.05) is 6.54 Å². The van der Waals surface area contributed by atoms with Crippen LogP contribution < -0.4 is 11.5 Å². The van der Waals surface area contributed by atoms with Gasteiger partial charge in [0.1, 0.15) is 0 Å². The molecule has 2 unspecified atom stereocenters. The molecule has 22 heavy (non-hydrogen) atoms. The first kappa shape index (κ1) is 19.4. The summed E-state index contributed by atoms with van der Waals surface area (Å²) < 4.78 is 0. The normalized spacial score (nSPS) is 33.5. The second kappa shape index (κ2) is 6.84. The van der Waals surface area contributed by atoms with Crippen molar-refractivity contribution in [2.45, 2.75) is 79.7 Å². The predicted octanol–water partition coefficient (Wildman–Crippen LogP) is 3.81. The maximum absolute atomic E-state index is 11.0. The van der Waals surface area contributed by atoms with E-state index in [1.54, 1.807) is 6.08 Å². The first-order chi connectivity index (χ1) is 9.86. The standard InChI is InChI=1S/C10H22N2.C9H14O/c1-9(2)4-8(12)5-10(3,6-9)7-11;1-7-4-8(10)6-9(2,3)5-7/h8H,4-7,11-12H2,1-3H3;4H,5-6H2,1-3H3. The molecule has 1 fully saturated rings. The first-order valence-electron chi connectivity index (χ1n) is 8.52. The maximum Gasteiger partial charge on any atom is 0.156 e. The van der Waals surface area contributed by atoms with Gasteiger partial charge in [0.15, 0.2) is 5.78 Å². The highest BCUT2D eigenvalue weighted by atomic mass is 16.1. The summed E-state index contributed by atoms with van der Waals surface area (Å²) in [6.07, 6.45) is 6.99. The number of hydrogen-bond acceptors (Lipinski definition) is 3. The minimum Gasteiger partial charge on any atom is -0.330 e. The van der Waals surface area contributed by atoms with Crippen molar-refractivity contribution in [2.24, 2.45) is 27.7 Å². The molecular formula is C19H36N2O. The Morgan fingerprint density at radius 2 is 1.68 bits per heavy atom. The molecule has 0 bridgehead atoms. The Labute approximate surface area is 136 Å². The lowest BCUT2D eigenvalue weighted by Crippen LogP contribution is -2.45. The Kier molecular flexibility index (Phi) is 6.02. The van der Waals surface area contributed by atoms with Gasteiger partial charge in [-0.25, -0.2) is 0 Å². The van der Waals surface area contributed by atoms with Crippen LogP contribution in [0.5, 0.6) is 0 Å². The summed E-state index contributed by atoms with van der Waals surface area (Å²) >= 11 is 0. The van der Waals surface area contributed by atoms with Crippen LogP contribution in [-0.4, -0.2) is 18.4 Å². The van der Waals surface area contributed by atoms with Gasteiger partial charge in [-0.05, 0) is 61.5 Å². The number of carbonyl (C=O) groups is 1. The van der Waals surface area contributed by atoms with E-state index in [1.165, 1.54) is 12.0 Å². The molecule has 3 heteroatoms. The third-order valence-corrected chi connectivity index (χ3v) is 4.79. The van der Waals surface area contributed by atoms with Crippen molar-refractivity contribution in [1.29, 1.82) is 0 Å². The molecular weight excluding hydrogens is 272 g/mol. The van der Waals surface area contributed by atoms with Crippen LogP contribution in [0.4, 0.5) is 0 Å². The summed E-state index contributed by atoms with van der Waals surface area (Å²) in [4.78, 5) is 11.0. The number of carbonyl (C=O) groups excluding carboxylic acids is 1. The highest BCUT2D eigenvalue weighted by molar-refractivity contribution is 5.91. The van der Waals surface area contributed by atoms with E-state index in [2.05, 4.69) is 34.6 Å². The zero-order valence-corrected chi connectivity index (χ0v) is 15.5. The van der Waals surface area contributed by atoms with Gasteiger partial charge in [-0.15, -0.1) is 0 Å². The van der Waals surface area contributed by atoms with Gasteiger partial charge in [0.2, 0.25) is 0 Å². The number of rotatable bonds is 1. The zero-order chi connectivity index (χ0) is 17.2. The molecule has 0 spiro atoms. The second-order valence-electron chi connectivity index (χ2n) is 9.50. The Balaban J connectivity index is 0.000000224. The molecule has 1 saturated carbocycles. The van der Waals surface area contributed by atoms with Gasteiger partial charge in [0, 0.05) is 12.5 Å². The van der Waals surface area contributed by atoms with Crippen LogP contribution in [0.3, 0.4) is 0 Å². The highest BCUT2D eigenvalue weighted by Gasteiger charge is 2.38. The van der Waals surface area contributed by atoms with E-state index in [-0.39, 0.29) is 16.6 Å². The fraction of sp³-hybridized carbons (Fsp3) is 0.842. The summed E-state index contributed by atoms with van der Waals surface area (Å²) in [5.41, 5.74) is 13.9. The molecule has 2 atom stereocenters. The van der Waals surface area contributed by atoms with Crippen LogP contribution in [0.15, 0.2) is 11.6 Å². The molecule has 0 aliphatic heterocycles. The summed E-state index contributed by atoms with van der Waals surface area (Å²) in [5.74, 6) is 0.286. The zero-order valence-electron chi connectivity index (χ0n) is 15.5. The average Bonchev–Trinajstić information content (AvgIpc) is 2.22. The third kappa shape index (κ3) is 6.21. The van der Waals surface area contributed by atoms with Crippen LogP contribution in [0, 0.1) is 16.2 Å². The van der Waals surface area contributed by atoms with E-state index < -0.39 is 0 Å². The number of nitrogens with two attached hydrogens (primary N) is 2. The van der Waals surface area contributed by atoms with Crippen LogP contribution in [0.25, 0.3) is 0 Å². The monoisotopic (exact) mass is 308 g/mol. The largest absolute Gasteiger partial charge is 0.330 e. The summed E-state index contributed by atoms with van der Waals surface area (Å²) in [5, 5.41) is 0. The fourth-order valence-electron chi connectivity index (χ4n) is 4.54. The molecule has 0 radical (unpaired) electrons. The molecule has 0 saturated heterocycles. The Morgan fingerprint density at radius 3 is 2.09 bits per heavy atom. The molecule has 4 N–H and O–H groups in total. The summed E-state index contributed by atoms with van der Waals surface area (Å²) in [6.45, 7) is 13.9. The maximum atomic E-state index is 11.0. The van der Waals surface area contributed by atoms with Crippen LogP contribution in [0.1, 0.15) is 73.6 Å². The molecule has 0 amide bonds. The van der Waals surface area contributed by atoms with Crippen LogP contribution in [-0.2, 0) is 4.79 Å². The van der Waals surface area contributed by atoms with Crippen molar-refractivity contribution in [3.8, 4) is 0 Å².